The topological polar surface area (TPSA) is 80.8 Å². The number of ether oxygens (including phenoxy) is 1. The molecule has 0 aliphatic carbocycles. The Morgan fingerprint density at radius 1 is 1.03 bits per heavy atom. The van der Waals surface area contributed by atoms with E-state index in [1.807, 2.05) is 26.0 Å². The van der Waals surface area contributed by atoms with Crippen molar-refractivity contribution in [2.45, 2.75) is 39.2 Å². The third-order valence-electron chi connectivity index (χ3n) is 7.45. The van der Waals surface area contributed by atoms with Crippen LogP contribution in [-0.4, -0.2) is 60.7 Å². The van der Waals surface area contributed by atoms with Crippen LogP contribution < -0.4 is 20.9 Å². The number of nitrogens with two attached hydrogens (primary N) is 1. The van der Waals surface area contributed by atoms with Gasteiger partial charge >= 0.3 is 0 Å². The minimum absolute atomic E-state index is 0.262. The second-order valence-corrected chi connectivity index (χ2v) is 11.7. The molecule has 8 heteroatoms. The number of hydrogen-bond donors (Lipinski definition) is 1. The lowest BCUT2D eigenvalue weighted by Crippen LogP contribution is -2.46. The lowest BCUT2D eigenvalue weighted by atomic mass is 10.0. The summed E-state index contributed by atoms with van der Waals surface area (Å²) in [7, 11) is 0. The Labute approximate surface area is 233 Å². The van der Waals surface area contributed by atoms with E-state index in [9.17, 15) is 9.59 Å². The highest BCUT2D eigenvalue weighted by Gasteiger charge is 2.21. The van der Waals surface area contributed by atoms with Crippen LogP contribution in [-0.2, 0) is 0 Å². The highest BCUT2D eigenvalue weighted by Crippen LogP contribution is 2.31. The van der Waals surface area contributed by atoms with Gasteiger partial charge in [-0.05, 0) is 78.9 Å². The number of thiophene rings is 1. The predicted molar refractivity (Wildman–Crippen MR) is 161 cm³/mol. The van der Waals surface area contributed by atoms with Crippen molar-refractivity contribution in [3.05, 3.63) is 70.3 Å². The zero-order chi connectivity index (χ0) is 27.4. The summed E-state index contributed by atoms with van der Waals surface area (Å²) < 4.78 is 8.58. The summed E-state index contributed by atoms with van der Waals surface area (Å²) in [6.07, 6.45) is 2.52. The van der Waals surface area contributed by atoms with Crippen LogP contribution in [0.4, 0.5) is 5.69 Å². The van der Waals surface area contributed by atoms with E-state index in [2.05, 4.69) is 39.4 Å². The van der Waals surface area contributed by atoms with Gasteiger partial charge in [-0.1, -0.05) is 19.9 Å². The zero-order valence-electron chi connectivity index (χ0n) is 22.8. The highest BCUT2D eigenvalue weighted by atomic mass is 32.1. The molecule has 2 aromatic heterocycles. The largest absolute Gasteiger partial charge is 0.494 e. The Kier molecular flexibility index (Phi) is 8.65. The second kappa shape index (κ2) is 12.3. The smallest absolute Gasteiger partial charge is 0.257 e. The minimum atomic E-state index is -0.718. The first-order valence-corrected chi connectivity index (χ1v) is 14.8. The molecule has 1 unspecified atom stereocenters. The number of rotatable bonds is 10. The quantitative estimate of drug-likeness (QED) is 0.275. The Balaban J connectivity index is 1.11. The maximum absolute atomic E-state index is 13.0. The number of pyridine rings is 1. The summed E-state index contributed by atoms with van der Waals surface area (Å²) in [6, 6.07) is 16.8. The summed E-state index contributed by atoms with van der Waals surface area (Å²) in [4.78, 5) is 30.7. The van der Waals surface area contributed by atoms with Gasteiger partial charge in [0, 0.05) is 54.1 Å². The van der Waals surface area contributed by atoms with Crippen LogP contribution in [0.25, 0.3) is 21.0 Å². The molecule has 0 radical (unpaired) electrons. The standard InChI is InChI=1S/C31H38N4O3S/c1-22(2)20-26(32)31(37)35-28-21-24(10-8-23(28)9-11-30(35)36)38-18-4-3-13-33-14-16-34(17-15-33)27-6-5-7-29-25(27)12-19-39-29/h5-12,19,21-22,26H,3-4,13-18,20,32H2,1-2H3. The van der Waals surface area contributed by atoms with E-state index in [0.29, 0.717) is 24.3 Å². The van der Waals surface area contributed by atoms with Gasteiger partial charge in [-0.15, -0.1) is 11.3 Å². The number of anilines is 1. The van der Waals surface area contributed by atoms with Gasteiger partial charge in [0.15, 0.2) is 0 Å². The molecule has 7 nitrogen and oxygen atoms in total. The Morgan fingerprint density at radius 3 is 2.62 bits per heavy atom. The SMILES string of the molecule is CC(C)CC(N)C(=O)n1c(=O)ccc2ccc(OCCCCN3CCN(c4cccc5sccc45)CC3)cc21. The first-order valence-electron chi connectivity index (χ1n) is 13.9. The molecule has 2 aromatic carbocycles. The number of fused-ring (bicyclic) bond motifs is 2. The van der Waals surface area contributed by atoms with Crippen molar-refractivity contribution >= 4 is 43.9 Å². The molecule has 3 heterocycles. The average Bonchev–Trinajstić information content (AvgIpc) is 3.42. The third kappa shape index (κ3) is 6.35. The number of carbonyl (C=O) groups is 1. The Hall–Kier alpha value is -3.20. The summed E-state index contributed by atoms with van der Waals surface area (Å²) in [5, 5.41) is 4.34. The van der Waals surface area contributed by atoms with E-state index in [4.69, 9.17) is 10.5 Å². The molecule has 1 atom stereocenters. The average molecular weight is 547 g/mol. The molecule has 2 N–H and O–H groups in total. The predicted octanol–water partition coefficient (Wildman–Crippen LogP) is 5.21. The summed E-state index contributed by atoms with van der Waals surface area (Å²) in [5.41, 5.74) is 7.66. The van der Waals surface area contributed by atoms with Gasteiger partial charge in [0.05, 0.1) is 18.2 Å². The number of piperazine rings is 1. The maximum atomic E-state index is 13.0. The molecule has 0 amide bonds. The lowest BCUT2D eigenvalue weighted by Gasteiger charge is -2.36. The van der Waals surface area contributed by atoms with E-state index in [0.717, 1.165) is 51.0 Å². The van der Waals surface area contributed by atoms with Crippen LogP contribution in [0.1, 0.15) is 37.9 Å². The molecule has 1 aliphatic heterocycles. The highest BCUT2D eigenvalue weighted by molar-refractivity contribution is 7.17. The normalized spacial score (nSPS) is 15.3. The second-order valence-electron chi connectivity index (χ2n) is 10.8. The van der Waals surface area contributed by atoms with Gasteiger partial charge in [0.25, 0.3) is 11.5 Å². The molecule has 4 aromatic rings. The van der Waals surface area contributed by atoms with Crippen LogP contribution in [0.5, 0.6) is 5.75 Å². The number of nitrogens with zero attached hydrogens (tertiary/aromatic N) is 3. The minimum Gasteiger partial charge on any atom is -0.494 e. The van der Waals surface area contributed by atoms with E-state index < -0.39 is 6.04 Å². The molecule has 0 spiro atoms. The first kappa shape index (κ1) is 27.4. The van der Waals surface area contributed by atoms with Crippen LogP contribution in [0.15, 0.2) is 64.8 Å². The molecule has 1 aliphatic rings. The van der Waals surface area contributed by atoms with E-state index in [1.54, 1.807) is 23.5 Å². The van der Waals surface area contributed by atoms with E-state index in [1.165, 1.54) is 26.4 Å². The van der Waals surface area contributed by atoms with Crippen LogP contribution in [0.2, 0.25) is 0 Å². The van der Waals surface area contributed by atoms with Crippen molar-refractivity contribution in [3.63, 3.8) is 0 Å². The Morgan fingerprint density at radius 2 is 1.82 bits per heavy atom. The fourth-order valence-electron chi connectivity index (χ4n) is 5.40. The van der Waals surface area contributed by atoms with Gasteiger partial charge < -0.3 is 15.4 Å². The first-order chi connectivity index (χ1) is 18.9. The van der Waals surface area contributed by atoms with E-state index >= 15 is 0 Å². The summed E-state index contributed by atoms with van der Waals surface area (Å²) in [5.74, 6) is 0.547. The molecular formula is C31H38N4O3S. The summed E-state index contributed by atoms with van der Waals surface area (Å²) >= 11 is 1.80. The molecule has 0 bridgehead atoms. The van der Waals surface area contributed by atoms with Crippen LogP contribution in [0.3, 0.4) is 0 Å². The number of hydrogen-bond acceptors (Lipinski definition) is 7. The fourth-order valence-corrected chi connectivity index (χ4v) is 6.21. The Bertz CT molecular complexity index is 1490. The van der Waals surface area contributed by atoms with Gasteiger partial charge in [0.1, 0.15) is 5.75 Å². The molecule has 5 rings (SSSR count). The monoisotopic (exact) mass is 546 g/mol. The summed E-state index contributed by atoms with van der Waals surface area (Å²) in [6.45, 7) is 9.89. The number of benzene rings is 2. The number of aromatic nitrogens is 1. The van der Waals surface area contributed by atoms with Crippen LogP contribution >= 0.6 is 11.3 Å². The molecular weight excluding hydrogens is 508 g/mol. The van der Waals surface area contributed by atoms with Gasteiger partial charge in [0.2, 0.25) is 0 Å². The van der Waals surface area contributed by atoms with Crippen LogP contribution in [0, 0.1) is 5.92 Å². The van der Waals surface area contributed by atoms with Crippen molar-refractivity contribution < 1.29 is 9.53 Å². The van der Waals surface area contributed by atoms with Gasteiger partial charge in [-0.2, -0.15) is 0 Å². The number of unbranched alkanes of at least 4 members (excludes halogenated alkanes) is 1. The van der Waals surface area contributed by atoms with Crippen molar-refractivity contribution in [3.8, 4) is 5.75 Å². The number of carbonyl (C=O) groups excluding carboxylic acids is 1. The van der Waals surface area contributed by atoms with Gasteiger partial charge in [-0.3, -0.25) is 14.5 Å². The third-order valence-corrected chi connectivity index (χ3v) is 8.34. The fraction of sp³-hybridized carbons (Fsp3) is 0.419. The molecule has 0 saturated carbocycles. The van der Waals surface area contributed by atoms with E-state index in [-0.39, 0.29) is 17.4 Å². The lowest BCUT2D eigenvalue weighted by molar-refractivity contribution is 0.0869. The molecule has 39 heavy (non-hydrogen) atoms. The van der Waals surface area contributed by atoms with Crippen molar-refractivity contribution in [2.75, 3.05) is 44.2 Å². The van der Waals surface area contributed by atoms with Crippen molar-refractivity contribution in [2.24, 2.45) is 11.7 Å². The van der Waals surface area contributed by atoms with Crippen molar-refractivity contribution in [1.82, 2.24) is 9.47 Å². The molecule has 1 saturated heterocycles. The van der Waals surface area contributed by atoms with Crippen molar-refractivity contribution in [1.29, 1.82) is 0 Å². The molecule has 206 valence electrons. The van der Waals surface area contributed by atoms with Gasteiger partial charge in [-0.25, -0.2) is 4.57 Å². The molecule has 1 fully saturated rings. The zero-order valence-corrected chi connectivity index (χ0v) is 23.7. The maximum Gasteiger partial charge on any atom is 0.257 e.